The summed E-state index contributed by atoms with van der Waals surface area (Å²) in [5.74, 6) is -1.89. The smallest absolute Gasteiger partial charge is 0.308 e. The third-order valence-electron chi connectivity index (χ3n) is 3.66. The van der Waals surface area contributed by atoms with Crippen LogP contribution >= 0.6 is 0 Å². The van der Waals surface area contributed by atoms with Gasteiger partial charge in [-0.15, -0.1) is 0 Å². The van der Waals surface area contributed by atoms with Gasteiger partial charge < -0.3 is 10.4 Å². The monoisotopic (exact) mass is 301 g/mol. The zero-order valence-corrected chi connectivity index (χ0v) is 12.5. The molecule has 6 nitrogen and oxygen atoms in total. The van der Waals surface area contributed by atoms with Crippen molar-refractivity contribution in [3.05, 3.63) is 54.4 Å². The predicted molar refractivity (Wildman–Crippen MR) is 81.2 cm³/mol. The molecule has 6 heteroatoms. The van der Waals surface area contributed by atoms with Crippen LogP contribution in [0, 0.1) is 5.92 Å². The molecule has 3 atom stereocenters. The van der Waals surface area contributed by atoms with Gasteiger partial charge in [0.15, 0.2) is 6.04 Å². The van der Waals surface area contributed by atoms with Crippen molar-refractivity contribution in [1.82, 2.24) is 15.1 Å². The highest BCUT2D eigenvalue weighted by Gasteiger charge is 2.27. The Morgan fingerprint density at radius 2 is 1.86 bits per heavy atom. The van der Waals surface area contributed by atoms with Gasteiger partial charge in [0.05, 0.1) is 5.92 Å². The molecular weight excluding hydrogens is 282 g/mol. The summed E-state index contributed by atoms with van der Waals surface area (Å²) >= 11 is 0. The van der Waals surface area contributed by atoms with E-state index >= 15 is 0 Å². The maximum atomic E-state index is 12.6. The quantitative estimate of drug-likeness (QED) is 0.850. The highest BCUT2D eigenvalue weighted by molar-refractivity contribution is 5.84. The number of amides is 1. The van der Waals surface area contributed by atoms with E-state index in [0.29, 0.717) is 0 Å². The lowest BCUT2D eigenvalue weighted by atomic mass is 10.0. The molecule has 0 radical (unpaired) electrons. The molecule has 0 saturated heterocycles. The van der Waals surface area contributed by atoms with Crippen molar-refractivity contribution < 1.29 is 14.7 Å². The van der Waals surface area contributed by atoms with E-state index in [9.17, 15) is 9.59 Å². The first-order valence-electron chi connectivity index (χ1n) is 7.08. The fraction of sp³-hybridized carbons (Fsp3) is 0.312. The number of carbonyl (C=O) groups excluding carboxylic acids is 1. The van der Waals surface area contributed by atoms with Crippen LogP contribution in [-0.2, 0) is 9.59 Å². The fourth-order valence-corrected chi connectivity index (χ4v) is 2.14. The molecule has 116 valence electrons. The summed E-state index contributed by atoms with van der Waals surface area (Å²) in [7, 11) is 0. The van der Waals surface area contributed by atoms with Gasteiger partial charge in [0.1, 0.15) is 0 Å². The van der Waals surface area contributed by atoms with Crippen molar-refractivity contribution in [2.45, 2.75) is 25.9 Å². The third kappa shape index (κ3) is 3.52. The minimum Gasteiger partial charge on any atom is -0.481 e. The number of nitrogens with zero attached hydrogens (tertiary/aromatic N) is 2. The minimum atomic E-state index is -0.942. The van der Waals surface area contributed by atoms with Gasteiger partial charge in [0, 0.05) is 18.4 Å². The molecule has 0 aliphatic rings. The second-order valence-corrected chi connectivity index (χ2v) is 5.22. The van der Waals surface area contributed by atoms with Crippen LogP contribution in [0.25, 0.3) is 0 Å². The zero-order valence-electron chi connectivity index (χ0n) is 12.5. The zero-order chi connectivity index (χ0) is 16.1. The number of nitrogens with one attached hydrogen (secondary N) is 1. The number of benzene rings is 1. The topological polar surface area (TPSA) is 84.2 Å². The summed E-state index contributed by atoms with van der Waals surface area (Å²) in [6, 6.07) is 9.90. The number of rotatable bonds is 6. The lowest BCUT2D eigenvalue weighted by Gasteiger charge is -2.23. The Balaban J connectivity index is 2.23. The normalized spacial score (nSPS) is 14.8. The van der Waals surface area contributed by atoms with Crippen LogP contribution in [-0.4, -0.2) is 32.8 Å². The molecule has 0 fully saturated rings. The van der Waals surface area contributed by atoms with E-state index < -0.39 is 24.0 Å². The van der Waals surface area contributed by atoms with E-state index in [1.807, 2.05) is 30.3 Å². The van der Waals surface area contributed by atoms with Gasteiger partial charge in [-0.05, 0) is 25.5 Å². The number of hydrogen-bond acceptors (Lipinski definition) is 3. The number of hydrogen-bond donors (Lipinski definition) is 2. The van der Waals surface area contributed by atoms with Gasteiger partial charge in [-0.3, -0.25) is 14.3 Å². The number of carbonyl (C=O) groups is 2. The minimum absolute atomic E-state index is 0.282. The summed E-state index contributed by atoms with van der Waals surface area (Å²) in [5.41, 5.74) is 0.791. The molecule has 1 aromatic heterocycles. The molecule has 0 bridgehead atoms. The van der Waals surface area contributed by atoms with Crippen molar-refractivity contribution >= 4 is 11.9 Å². The average Bonchev–Trinajstić information content (AvgIpc) is 3.01. The molecular formula is C16H19N3O3. The van der Waals surface area contributed by atoms with Crippen molar-refractivity contribution in [2.24, 2.45) is 5.92 Å². The Kier molecular flexibility index (Phi) is 4.93. The molecule has 2 N–H and O–H groups in total. The molecule has 2 rings (SSSR count). The molecule has 2 aromatic rings. The van der Waals surface area contributed by atoms with Crippen LogP contribution in [0.15, 0.2) is 48.8 Å². The maximum Gasteiger partial charge on any atom is 0.308 e. The van der Waals surface area contributed by atoms with Crippen LogP contribution in [0.5, 0.6) is 0 Å². The Bertz CT molecular complexity index is 625. The average molecular weight is 301 g/mol. The Hall–Kier alpha value is -2.63. The Labute approximate surface area is 128 Å². The SMILES string of the molecule is CC(NC(=O)C(c1ccccc1)n1cccn1)C(C)C(=O)O. The van der Waals surface area contributed by atoms with Gasteiger partial charge in [-0.1, -0.05) is 30.3 Å². The summed E-state index contributed by atoms with van der Waals surface area (Å²) in [6.45, 7) is 3.25. The maximum absolute atomic E-state index is 12.6. The highest BCUT2D eigenvalue weighted by Crippen LogP contribution is 2.18. The van der Waals surface area contributed by atoms with Crippen LogP contribution in [0.4, 0.5) is 0 Å². The number of carboxylic acids is 1. The van der Waals surface area contributed by atoms with Gasteiger partial charge >= 0.3 is 5.97 Å². The first kappa shape index (κ1) is 15.8. The molecule has 1 aromatic carbocycles. The molecule has 0 saturated carbocycles. The van der Waals surface area contributed by atoms with Gasteiger partial charge in [-0.2, -0.15) is 5.10 Å². The molecule has 0 spiro atoms. The van der Waals surface area contributed by atoms with Crippen LogP contribution < -0.4 is 5.32 Å². The van der Waals surface area contributed by atoms with Crippen molar-refractivity contribution in [1.29, 1.82) is 0 Å². The van der Waals surface area contributed by atoms with Crippen molar-refractivity contribution in [2.75, 3.05) is 0 Å². The second kappa shape index (κ2) is 6.89. The second-order valence-electron chi connectivity index (χ2n) is 5.22. The van der Waals surface area contributed by atoms with Crippen LogP contribution in [0.1, 0.15) is 25.5 Å². The number of carboxylic acid groups (broad SMARTS) is 1. The van der Waals surface area contributed by atoms with E-state index in [4.69, 9.17) is 5.11 Å². The molecule has 1 amide bonds. The van der Waals surface area contributed by atoms with Gasteiger partial charge in [0.2, 0.25) is 5.91 Å². The molecule has 22 heavy (non-hydrogen) atoms. The first-order valence-corrected chi connectivity index (χ1v) is 7.08. The van der Waals surface area contributed by atoms with E-state index in [1.54, 1.807) is 37.0 Å². The third-order valence-corrected chi connectivity index (χ3v) is 3.66. The van der Waals surface area contributed by atoms with E-state index in [1.165, 1.54) is 0 Å². The molecule has 0 aliphatic carbocycles. The lowest BCUT2D eigenvalue weighted by molar-refractivity contribution is -0.142. The highest BCUT2D eigenvalue weighted by atomic mass is 16.4. The molecule has 0 aliphatic heterocycles. The summed E-state index contributed by atoms with van der Waals surface area (Å²) in [6.07, 6.45) is 3.31. The van der Waals surface area contributed by atoms with Gasteiger partial charge in [-0.25, -0.2) is 0 Å². The Morgan fingerprint density at radius 3 is 2.41 bits per heavy atom. The number of aliphatic carboxylic acids is 1. The van der Waals surface area contributed by atoms with Crippen molar-refractivity contribution in [3.63, 3.8) is 0 Å². The summed E-state index contributed by atoms with van der Waals surface area (Å²) in [4.78, 5) is 23.6. The predicted octanol–water partition coefficient (Wildman–Crippen LogP) is 1.70. The van der Waals surface area contributed by atoms with Crippen LogP contribution in [0.2, 0.25) is 0 Å². The summed E-state index contributed by atoms with van der Waals surface area (Å²) < 4.78 is 1.56. The molecule has 1 heterocycles. The van der Waals surface area contributed by atoms with E-state index in [-0.39, 0.29) is 5.91 Å². The number of aromatic nitrogens is 2. The largest absolute Gasteiger partial charge is 0.481 e. The fourth-order valence-electron chi connectivity index (χ4n) is 2.14. The first-order chi connectivity index (χ1) is 10.5. The van der Waals surface area contributed by atoms with E-state index in [0.717, 1.165) is 5.56 Å². The van der Waals surface area contributed by atoms with E-state index in [2.05, 4.69) is 10.4 Å². The molecule has 3 unspecified atom stereocenters. The standard InChI is InChI=1S/C16H19N3O3/c1-11(16(21)22)12(2)18-15(20)14(19-10-6-9-17-19)13-7-4-3-5-8-13/h3-12,14H,1-2H3,(H,18,20)(H,21,22). The Morgan fingerprint density at radius 1 is 1.18 bits per heavy atom. The van der Waals surface area contributed by atoms with Crippen LogP contribution in [0.3, 0.4) is 0 Å². The van der Waals surface area contributed by atoms with Crippen molar-refractivity contribution in [3.8, 4) is 0 Å². The lowest BCUT2D eigenvalue weighted by Crippen LogP contribution is -2.43. The summed E-state index contributed by atoms with van der Waals surface area (Å²) in [5, 5.41) is 15.9. The van der Waals surface area contributed by atoms with Gasteiger partial charge in [0.25, 0.3) is 0 Å².